The molecule has 5 aromatic carbocycles. The summed E-state index contributed by atoms with van der Waals surface area (Å²) in [4.78, 5) is 5.33. The summed E-state index contributed by atoms with van der Waals surface area (Å²) in [5.41, 5.74) is 12.1. The largest absolute Gasteiger partial charge is 0.306 e. The molecule has 7 rings (SSSR count). The summed E-state index contributed by atoms with van der Waals surface area (Å²) in [6.07, 6.45) is 8.74. The van der Waals surface area contributed by atoms with E-state index >= 15 is 0 Å². The van der Waals surface area contributed by atoms with Crippen LogP contribution in [-0.2, 0) is 0 Å². The van der Waals surface area contributed by atoms with Crippen molar-refractivity contribution < 1.29 is 0 Å². The quantitative estimate of drug-likeness (QED) is 0.212. The van der Waals surface area contributed by atoms with Gasteiger partial charge in [0, 0.05) is 36.2 Å². The van der Waals surface area contributed by atoms with Crippen LogP contribution in [0.3, 0.4) is 0 Å². The third kappa shape index (κ3) is 5.68. The van der Waals surface area contributed by atoms with Gasteiger partial charge in [0.2, 0.25) is 0 Å². The van der Waals surface area contributed by atoms with Crippen molar-refractivity contribution in [1.82, 2.24) is 5.32 Å². The topological polar surface area (TPSA) is 24.4 Å². The lowest BCUT2D eigenvalue weighted by atomic mass is 9.85. The van der Waals surface area contributed by atoms with Crippen molar-refractivity contribution in [3.8, 4) is 22.3 Å². The molecule has 0 spiro atoms. The molecular weight excluding hydrogens is 508 g/mol. The fraction of sp³-hybridized carbons (Fsp3) is 0.125. The van der Waals surface area contributed by atoms with Crippen molar-refractivity contribution in [2.45, 2.75) is 24.8 Å². The second-order valence-corrected chi connectivity index (χ2v) is 11.1. The Labute approximate surface area is 248 Å². The Bertz CT molecular complexity index is 1760. The minimum absolute atomic E-state index is 0.233. The van der Waals surface area contributed by atoms with Gasteiger partial charge in [0.15, 0.2) is 0 Å². The van der Waals surface area contributed by atoms with E-state index in [2.05, 4.69) is 157 Å². The van der Waals surface area contributed by atoms with Crippen LogP contribution in [0, 0.1) is 0 Å². The zero-order valence-corrected chi connectivity index (χ0v) is 23.7. The molecule has 2 heteroatoms. The molecular formula is C40H34N2. The van der Waals surface area contributed by atoms with E-state index in [0.717, 1.165) is 36.4 Å². The number of nitrogens with one attached hydrogen (secondary N) is 1. The van der Waals surface area contributed by atoms with Gasteiger partial charge in [-0.2, -0.15) is 0 Å². The third-order valence-electron chi connectivity index (χ3n) is 8.38. The highest BCUT2D eigenvalue weighted by Gasteiger charge is 2.22. The number of allylic oxidation sites excluding steroid dienone is 1. The van der Waals surface area contributed by atoms with Crippen LogP contribution in [0.1, 0.15) is 47.1 Å². The summed E-state index contributed by atoms with van der Waals surface area (Å²) >= 11 is 0. The molecule has 2 nitrogen and oxygen atoms in total. The van der Waals surface area contributed by atoms with E-state index in [0.29, 0.717) is 6.04 Å². The van der Waals surface area contributed by atoms with E-state index in [-0.39, 0.29) is 5.92 Å². The van der Waals surface area contributed by atoms with Crippen molar-refractivity contribution in [2.24, 2.45) is 4.99 Å². The minimum Gasteiger partial charge on any atom is -0.306 e. The van der Waals surface area contributed by atoms with Gasteiger partial charge in [-0.25, -0.2) is 0 Å². The lowest BCUT2D eigenvalue weighted by molar-refractivity contribution is 0.555. The average molecular weight is 543 g/mol. The summed E-state index contributed by atoms with van der Waals surface area (Å²) in [5, 5.41) is 3.64. The maximum absolute atomic E-state index is 5.33. The molecule has 0 saturated carbocycles. The molecule has 204 valence electrons. The van der Waals surface area contributed by atoms with Gasteiger partial charge < -0.3 is 5.32 Å². The summed E-state index contributed by atoms with van der Waals surface area (Å²) in [7, 11) is 0. The van der Waals surface area contributed by atoms with Gasteiger partial charge in [-0.1, -0.05) is 140 Å². The predicted octanol–water partition coefficient (Wildman–Crippen LogP) is 9.63. The SMILES string of the molecule is C1=CCC(c2cccc(C3=NC(c4cccc(-c5ccccc5)c4)=CC(c4ccc(-c5ccccc5)cc4)C3)c2)NC1. The van der Waals surface area contributed by atoms with Gasteiger partial charge in [0.1, 0.15) is 0 Å². The molecule has 0 aliphatic carbocycles. The molecule has 0 amide bonds. The normalized spacial score (nSPS) is 18.3. The zero-order valence-electron chi connectivity index (χ0n) is 23.7. The maximum atomic E-state index is 5.33. The first-order chi connectivity index (χ1) is 20.8. The van der Waals surface area contributed by atoms with Crippen molar-refractivity contribution in [1.29, 1.82) is 0 Å². The number of aliphatic imine (C=N–C) groups is 1. The summed E-state index contributed by atoms with van der Waals surface area (Å²) in [6.45, 7) is 0.918. The molecule has 2 heterocycles. The van der Waals surface area contributed by atoms with Gasteiger partial charge in [-0.3, -0.25) is 4.99 Å². The molecule has 2 atom stereocenters. The highest BCUT2D eigenvalue weighted by atomic mass is 14.9. The van der Waals surface area contributed by atoms with E-state index in [9.17, 15) is 0 Å². The highest BCUT2D eigenvalue weighted by molar-refractivity contribution is 6.05. The first-order valence-electron chi connectivity index (χ1n) is 14.9. The van der Waals surface area contributed by atoms with Gasteiger partial charge in [-0.05, 0) is 57.5 Å². The van der Waals surface area contributed by atoms with Crippen molar-refractivity contribution >= 4 is 11.4 Å². The minimum atomic E-state index is 0.233. The molecule has 0 bridgehead atoms. The Morgan fingerprint density at radius 1 is 0.524 bits per heavy atom. The molecule has 0 radical (unpaired) electrons. The van der Waals surface area contributed by atoms with E-state index in [1.54, 1.807) is 0 Å². The fourth-order valence-corrected chi connectivity index (χ4v) is 6.08. The molecule has 2 aliphatic heterocycles. The summed E-state index contributed by atoms with van der Waals surface area (Å²) in [5.74, 6) is 0.233. The van der Waals surface area contributed by atoms with Crippen LogP contribution in [0.5, 0.6) is 0 Å². The van der Waals surface area contributed by atoms with Crippen LogP contribution in [0.15, 0.2) is 157 Å². The third-order valence-corrected chi connectivity index (χ3v) is 8.38. The fourth-order valence-electron chi connectivity index (χ4n) is 6.08. The predicted molar refractivity (Wildman–Crippen MR) is 177 cm³/mol. The number of benzene rings is 5. The lowest BCUT2D eigenvalue weighted by Gasteiger charge is -2.24. The van der Waals surface area contributed by atoms with Crippen LogP contribution in [0.2, 0.25) is 0 Å². The Morgan fingerprint density at radius 2 is 1.17 bits per heavy atom. The number of rotatable bonds is 6. The second-order valence-electron chi connectivity index (χ2n) is 11.1. The summed E-state index contributed by atoms with van der Waals surface area (Å²) in [6, 6.07) is 48.4. The van der Waals surface area contributed by atoms with E-state index in [4.69, 9.17) is 4.99 Å². The monoisotopic (exact) mass is 542 g/mol. The molecule has 2 aliphatic rings. The average Bonchev–Trinajstić information content (AvgIpc) is 3.09. The number of hydrogen-bond acceptors (Lipinski definition) is 2. The Hall–Kier alpha value is -4.79. The van der Waals surface area contributed by atoms with E-state index in [1.807, 2.05) is 0 Å². The Kier molecular flexibility index (Phi) is 7.45. The van der Waals surface area contributed by atoms with Crippen molar-refractivity contribution in [3.63, 3.8) is 0 Å². The smallest absolute Gasteiger partial charge is 0.0672 e. The van der Waals surface area contributed by atoms with Crippen LogP contribution in [-0.4, -0.2) is 12.3 Å². The van der Waals surface area contributed by atoms with Crippen LogP contribution in [0.4, 0.5) is 0 Å². The molecule has 0 aromatic heterocycles. The van der Waals surface area contributed by atoms with Gasteiger partial charge in [0.25, 0.3) is 0 Å². The van der Waals surface area contributed by atoms with Gasteiger partial charge in [0.05, 0.1) is 5.70 Å². The van der Waals surface area contributed by atoms with Crippen molar-refractivity contribution in [3.05, 3.63) is 174 Å². The van der Waals surface area contributed by atoms with Crippen molar-refractivity contribution in [2.75, 3.05) is 6.54 Å². The maximum Gasteiger partial charge on any atom is 0.0672 e. The zero-order chi connectivity index (χ0) is 28.1. The standard InChI is InChI=1S/C40H34N2/c1-3-11-29(12-4-1)31-20-22-32(23-21-31)37-27-39(35-17-9-15-33(25-35)30-13-5-2-6-14-30)42-40(28-37)36-18-10-16-34(26-36)38-19-7-8-24-41-38/h1-18,20-23,25-27,37-38,41H,19,24,28H2. The first-order valence-corrected chi connectivity index (χ1v) is 14.9. The van der Waals surface area contributed by atoms with Crippen LogP contribution >= 0.6 is 0 Å². The number of nitrogens with zero attached hydrogens (tertiary/aromatic N) is 1. The van der Waals surface area contributed by atoms with E-state index < -0.39 is 0 Å². The summed E-state index contributed by atoms with van der Waals surface area (Å²) < 4.78 is 0. The Morgan fingerprint density at radius 3 is 1.90 bits per heavy atom. The molecule has 0 fully saturated rings. The molecule has 5 aromatic rings. The van der Waals surface area contributed by atoms with Crippen LogP contribution in [0.25, 0.3) is 28.0 Å². The lowest BCUT2D eigenvalue weighted by Crippen LogP contribution is -2.24. The molecule has 42 heavy (non-hydrogen) atoms. The van der Waals surface area contributed by atoms with Gasteiger partial charge >= 0.3 is 0 Å². The molecule has 1 N–H and O–H groups in total. The highest BCUT2D eigenvalue weighted by Crippen LogP contribution is 2.36. The Balaban J connectivity index is 1.27. The van der Waals surface area contributed by atoms with Gasteiger partial charge in [-0.15, -0.1) is 0 Å². The van der Waals surface area contributed by atoms with Crippen LogP contribution < -0.4 is 5.32 Å². The first kappa shape index (κ1) is 26.1. The number of hydrogen-bond donors (Lipinski definition) is 1. The molecule has 0 saturated heterocycles. The van der Waals surface area contributed by atoms with E-state index in [1.165, 1.54) is 38.9 Å². The molecule has 2 unspecified atom stereocenters. The second kappa shape index (κ2) is 12.0.